The Labute approximate surface area is 108 Å². The van der Waals surface area contributed by atoms with Gasteiger partial charge in [0.15, 0.2) is 0 Å². The normalized spacial score (nSPS) is 17.5. The topological polar surface area (TPSA) is 29.9 Å². The van der Waals surface area contributed by atoms with Crippen molar-refractivity contribution in [3.8, 4) is 0 Å². The summed E-state index contributed by atoms with van der Waals surface area (Å²) in [6.07, 6.45) is 8.11. The number of imidazole rings is 1. The molecule has 1 aliphatic heterocycles. The molecule has 1 aromatic rings. The second-order valence-electron chi connectivity index (χ2n) is 4.79. The molecule has 17 heavy (non-hydrogen) atoms. The first-order valence-corrected chi connectivity index (χ1v) is 7.83. The molecule has 2 heterocycles. The Balaban J connectivity index is 1.76. The summed E-state index contributed by atoms with van der Waals surface area (Å²) in [7, 11) is 0. The quantitative estimate of drug-likeness (QED) is 0.790. The molecule has 96 valence electrons. The van der Waals surface area contributed by atoms with E-state index in [0.717, 1.165) is 25.6 Å². The molecule has 1 aromatic heterocycles. The van der Waals surface area contributed by atoms with Gasteiger partial charge in [0.2, 0.25) is 0 Å². The molecule has 0 radical (unpaired) electrons. The second-order valence-corrected chi connectivity index (χ2v) is 6.02. The molecule has 0 unspecified atom stereocenters. The minimum atomic E-state index is 0.863. The van der Waals surface area contributed by atoms with Gasteiger partial charge in [-0.25, -0.2) is 4.98 Å². The van der Waals surface area contributed by atoms with E-state index in [1.807, 2.05) is 6.33 Å². The van der Waals surface area contributed by atoms with Crippen molar-refractivity contribution in [1.82, 2.24) is 14.9 Å². The molecule has 0 spiro atoms. The van der Waals surface area contributed by atoms with E-state index in [9.17, 15) is 0 Å². The predicted octanol–water partition coefficient (Wildman–Crippen LogP) is 2.53. The first kappa shape index (κ1) is 13.0. The van der Waals surface area contributed by atoms with Crippen LogP contribution in [0.5, 0.6) is 0 Å². The van der Waals surface area contributed by atoms with Gasteiger partial charge in [0.05, 0.1) is 12.0 Å². The Bertz CT molecular complexity index is 318. The zero-order valence-corrected chi connectivity index (χ0v) is 11.5. The molecule has 1 aliphatic rings. The lowest BCUT2D eigenvalue weighted by atomic mass is 10.0. The summed E-state index contributed by atoms with van der Waals surface area (Å²) < 4.78 is 2.27. The Morgan fingerprint density at radius 2 is 2.29 bits per heavy atom. The standard InChI is InChI=1S/C13H23N3S/c1-2-5-14-8-13-10-16(11-15-13)9-12-3-6-17-7-4-12/h10-12,14H,2-9H2,1H3. The van der Waals surface area contributed by atoms with Crippen LogP contribution in [0.2, 0.25) is 0 Å². The zero-order valence-electron chi connectivity index (χ0n) is 10.7. The van der Waals surface area contributed by atoms with Crippen LogP contribution in [-0.2, 0) is 13.1 Å². The van der Waals surface area contributed by atoms with E-state index in [4.69, 9.17) is 0 Å². The van der Waals surface area contributed by atoms with Gasteiger partial charge in [0.25, 0.3) is 0 Å². The van der Waals surface area contributed by atoms with Crippen LogP contribution in [0.15, 0.2) is 12.5 Å². The van der Waals surface area contributed by atoms with Crippen molar-refractivity contribution >= 4 is 11.8 Å². The van der Waals surface area contributed by atoms with Gasteiger partial charge >= 0.3 is 0 Å². The fourth-order valence-electron chi connectivity index (χ4n) is 2.22. The van der Waals surface area contributed by atoms with Crippen LogP contribution in [0.25, 0.3) is 0 Å². The van der Waals surface area contributed by atoms with Crippen LogP contribution in [0.4, 0.5) is 0 Å². The molecule has 0 aliphatic carbocycles. The Morgan fingerprint density at radius 3 is 3.06 bits per heavy atom. The smallest absolute Gasteiger partial charge is 0.0950 e. The van der Waals surface area contributed by atoms with Crippen molar-refractivity contribution in [3.05, 3.63) is 18.2 Å². The fraction of sp³-hybridized carbons (Fsp3) is 0.769. The van der Waals surface area contributed by atoms with Gasteiger partial charge in [-0.3, -0.25) is 0 Å². The van der Waals surface area contributed by atoms with Gasteiger partial charge in [-0.1, -0.05) is 6.92 Å². The molecule has 3 nitrogen and oxygen atoms in total. The molecule has 0 saturated carbocycles. The van der Waals surface area contributed by atoms with Crippen molar-refractivity contribution in [2.45, 2.75) is 39.3 Å². The minimum Gasteiger partial charge on any atom is -0.337 e. The second kappa shape index (κ2) is 7.07. The highest BCUT2D eigenvalue weighted by atomic mass is 32.2. The zero-order chi connectivity index (χ0) is 11.9. The van der Waals surface area contributed by atoms with Gasteiger partial charge in [0, 0.05) is 19.3 Å². The predicted molar refractivity (Wildman–Crippen MR) is 74.3 cm³/mol. The highest BCUT2D eigenvalue weighted by molar-refractivity contribution is 7.99. The van der Waals surface area contributed by atoms with E-state index in [1.54, 1.807) is 0 Å². The average Bonchev–Trinajstić information content (AvgIpc) is 2.79. The highest BCUT2D eigenvalue weighted by Crippen LogP contribution is 2.23. The molecule has 0 atom stereocenters. The summed E-state index contributed by atoms with van der Waals surface area (Å²) in [5, 5.41) is 3.39. The lowest BCUT2D eigenvalue weighted by Crippen LogP contribution is -2.16. The third-order valence-electron chi connectivity index (χ3n) is 3.23. The van der Waals surface area contributed by atoms with Crippen molar-refractivity contribution in [3.63, 3.8) is 0 Å². The van der Waals surface area contributed by atoms with Gasteiger partial charge < -0.3 is 9.88 Å². The minimum absolute atomic E-state index is 0.863. The maximum atomic E-state index is 4.45. The summed E-state index contributed by atoms with van der Waals surface area (Å²) in [5.41, 5.74) is 1.17. The lowest BCUT2D eigenvalue weighted by molar-refractivity contribution is 0.416. The lowest BCUT2D eigenvalue weighted by Gasteiger charge is -2.21. The molecular formula is C13H23N3S. The van der Waals surface area contributed by atoms with Crippen LogP contribution in [0.3, 0.4) is 0 Å². The first-order valence-electron chi connectivity index (χ1n) is 6.67. The summed E-state index contributed by atoms with van der Waals surface area (Å²) >= 11 is 2.09. The van der Waals surface area contributed by atoms with Crippen molar-refractivity contribution in [1.29, 1.82) is 0 Å². The Hall–Kier alpha value is -0.480. The van der Waals surface area contributed by atoms with Gasteiger partial charge in [0.1, 0.15) is 0 Å². The number of nitrogens with one attached hydrogen (secondary N) is 1. The number of hydrogen-bond donors (Lipinski definition) is 1. The molecule has 0 bridgehead atoms. The molecule has 1 fully saturated rings. The van der Waals surface area contributed by atoms with Crippen molar-refractivity contribution in [2.24, 2.45) is 5.92 Å². The molecule has 1 saturated heterocycles. The average molecular weight is 253 g/mol. The van der Waals surface area contributed by atoms with E-state index in [0.29, 0.717) is 0 Å². The van der Waals surface area contributed by atoms with Crippen LogP contribution in [0, 0.1) is 5.92 Å². The Morgan fingerprint density at radius 1 is 1.47 bits per heavy atom. The number of rotatable bonds is 6. The molecule has 4 heteroatoms. The number of hydrogen-bond acceptors (Lipinski definition) is 3. The largest absolute Gasteiger partial charge is 0.337 e. The van der Waals surface area contributed by atoms with Crippen molar-refractivity contribution < 1.29 is 0 Å². The number of aromatic nitrogens is 2. The van der Waals surface area contributed by atoms with E-state index in [1.165, 1.54) is 36.5 Å². The Kier molecular flexibility index (Phi) is 5.39. The van der Waals surface area contributed by atoms with Crippen LogP contribution < -0.4 is 5.32 Å². The summed E-state index contributed by atoms with van der Waals surface area (Å²) in [6, 6.07) is 0. The van der Waals surface area contributed by atoms with E-state index >= 15 is 0 Å². The van der Waals surface area contributed by atoms with E-state index in [2.05, 4.69) is 39.8 Å². The molecule has 1 N–H and O–H groups in total. The highest BCUT2D eigenvalue weighted by Gasteiger charge is 2.14. The molecule has 0 amide bonds. The maximum Gasteiger partial charge on any atom is 0.0950 e. The third kappa shape index (κ3) is 4.36. The van der Waals surface area contributed by atoms with Crippen LogP contribution >= 0.6 is 11.8 Å². The third-order valence-corrected chi connectivity index (χ3v) is 4.28. The van der Waals surface area contributed by atoms with E-state index in [-0.39, 0.29) is 0 Å². The summed E-state index contributed by atoms with van der Waals surface area (Å²) in [6.45, 7) is 5.32. The van der Waals surface area contributed by atoms with Crippen LogP contribution in [-0.4, -0.2) is 27.6 Å². The summed E-state index contributed by atoms with van der Waals surface area (Å²) in [5.74, 6) is 3.54. The van der Waals surface area contributed by atoms with Crippen molar-refractivity contribution in [2.75, 3.05) is 18.1 Å². The van der Waals surface area contributed by atoms with Crippen LogP contribution in [0.1, 0.15) is 31.9 Å². The SMILES string of the molecule is CCCNCc1cn(CC2CCSCC2)cn1. The summed E-state index contributed by atoms with van der Waals surface area (Å²) in [4.78, 5) is 4.45. The van der Waals surface area contributed by atoms with Gasteiger partial charge in [-0.15, -0.1) is 0 Å². The number of thioether (sulfide) groups is 1. The molecule has 2 rings (SSSR count). The maximum absolute atomic E-state index is 4.45. The monoisotopic (exact) mass is 253 g/mol. The molecular weight excluding hydrogens is 230 g/mol. The fourth-order valence-corrected chi connectivity index (χ4v) is 3.42. The molecule has 0 aromatic carbocycles. The van der Waals surface area contributed by atoms with Gasteiger partial charge in [-0.05, 0) is 43.2 Å². The van der Waals surface area contributed by atoms with Gasteiger partial charge in [-0.2, -0.15) is 11.8 Å². The number of nitrogens with zero attached hydrogens (tertiary/aromatic N) is 2. The van der Waals surface area contributed by atoms with E-state index < -0.39 is 0 Å². The first-order chi connectivity index (χ1) is 8.38.